The number of sulfone groups is 1. The van der Waals surface area contributed by atoms with Crippen LogP contribution >= 0.6 is 0 Å². The molecule has 3 aromatic rings. The number of rotatable bonds is 5. The van der Waals surface area contributed by atoms with Crippen LogP contribution in [0.15, 0.2) is 53.7 Å². The Morgan fingerprint density at radius 3 is 2.67 bits per heavy atom. The van der Waals surface area contributed by atoms with Crippen molar-refractivity contribution in [1.29, 1.82) is 0 Å². The van der Waals surface area contributed by atoms with Crippen LogP contribution in [-0.2, 0) is 27.6 Å². The third kappa shape index (κ3) is 3.12. The number of anilines is 1. The maximum Gasteiger partial charge on any atom is 0.247 e. The van der Waals surface area contributed by atoms with Gasteiger partial charge in [-0.05, 0) is 36.6 Å². The molecule has 0 radical (unpaired) electrons. The van der Waals surface area contributed by atoms with E-state index >= 15 is 0 Å². The second-order valence-electron chi connectivity index (χ2n) is 6.71. The molecule has 2 heterocycles. The summed E-state index contributed by atoms with van der Waals surface area (Å²) in [5.74, 6) is -0.118. The van der Waals surface area contributed by atoms with Gasteiger partial charge in [-0.3, -0.25) is 4.79 Å². The van der Waals surface area contributed by atoms with E-state index in [2.05, 4.69) is 4.98 Å². The number of fused-ring (bicyclic) bond motifs is 2. The predicted octanol–water partition coefficient (Wildman–Crippen LogP) is 2.81. The second-order valence-corrected chi connectivity index (χ2v) is 8.72. The number of benzene rings is 2. The molecule has 0 fully saturated rings. The van der Waals surface area contributed by atoms with Gasteiger partial charge in [-0.25, -0.2) is 13.4 Å². The van der Waals surface area contributed by atoms with Crippen molar-refractivity contribution in [2.45, 2.75) is 31.5 Å². The maximum absolute atomic E-state index is 13.0. The van der Waals surface area contributed by atoms with Gasteiger partial charge in [-0.2, -0.15) is 0 Å². The second kappa shape index (κ2) is 6.81. The lowest BCUT2D eigenvalue weighted by molar-refractivity contribution is -0.119. The van der Waals surface area contributed by atoms with Crippen LogP contribution in [0.2, 0.25) is 0 Å². The van der Waals surface area contributed by atoms with Gasteiger partial charge in [0.05, 0.1) is 16.8 Å². The molecule has 1 aromatic heterocycles. The Balaban J connectivity index is 1.75. The normalized spacial score (nSPS) is 13.9. The zero-order valence-corrected chi connectivity index (χ0v) is 15.9. The van der Waals surface area contributed by atoms with E-state index in [1.54, 1.807) is 21.6 Å². The highest BCUT2D eigenvalue weighted by atomic mass is 32.2. The van der Waals surface area contributed by atoms with E-state index in [1.165, 1.54) is 0 Å². The summed E-state index contributed by atoms with van der Waals surface area (Å²) in [5, 5.41) is -0.0219. The summed E-state index contributed by atoms with van der Waals surface area (Å²) < 4.78 is 27.0. The molecule has 140 valence electrons. The molecule has 0 saturated carbocycles. The van der Waals surface area contributed by atoms with E-state index in [-0.39, 0.29) is 23.4 Å². The van der Waals surface area contributed by atoms with Crippen molar-refractivity contribution in [2.75, 3.05) is 17.2 Å². The molecule has 0 N–H and O–H groups in total. The number of hydrogen-bond donors (Lipinski definition) is 0. The molecule has 0 bridgehead atoms. The molecule has 7 heteroatoms. The minimum Gasteiger partial charge on any atom is -0.310 e. The van der Waals surface area contributed by atoms with Crippen LogP contribution in [-0.4, -0.2) is 36.2 Å². The molecule has 2 aromatic carbocycles. The molecule has 1 aliphatic rings. The van der Waals surface area contributed by atoms with Gasteiger partial charge in [0.15, 0.2) is 0 Å². The molecule has 0 atom stereocenters. The van der Waals surface area contributed by atoms with Gasteiger partial charge in [-0.1, -0.05) is 37.3 Å². The van der Waals surface area contributed by atoms with Crippen molar-refractivity contribution in [2.24, 2.45) is 0 Å². The minimum atomic E-state index is -3.55. The fraction of sp³-hybridized carbons (Fsp3) is 0.300. The van der Waals surface area contributed by atoms with Gasteiger partial charge < -0.3 is 9.47 Å². The Kier molecular flexibility index (Phi) is 4.47. The van der Waals surface area contributed by atoms with Crippen LogP contribution in [0.5, 0.6) is 0 Å². The average Bonchev–Trinajstić information content (AvgIpc) is 3.24. The number of hydrogen-bond acceptors (Lipinski definition) is 4. The van der Waals surface area contributed by atoms with E-state index in [0.29, 0.717) is 24.0 Å². The van der Waals surface area contributed by atoms with Gasteiger partial charge in [0.2, 0.25) is 20.9 Å². The van der Waals surface area contributed by atoms with Gasteiger partial charge >= 0.3 is 0 Å². The van der Waals surface area contributed by atoms with Crippen LogP contribution in [0.25, 0.3) is 11.0 Å². The molecular weight excluding hydrogens is 362 g/mol. The van der Waals surface area contributed by atoms with E-state index in [0.717, 1.165) is 17.7 Å². The summed E-state index contributed by atoms with van der Waals surface area (Å²) in [4.78, 5) is 19.1. The first-order chi connectivity index (χ1) is 13.0. The Hall–Kier alpha value is -2.67. The van der Waals surface area contributed by atoms with Crippen molar-refractivity contribution in [3.05, 3.63) is 54.1 Å². The summed E-state index contributed by atoms with van der Waals surface area (Å²) in [7, 11) is -3.55. The quantitative estimate of drug-likeness (QED) is 0.679. The monoisotopic (exact) mass is 383 g/mol. The highest BCUT2D eigenvalue weighted by molar-refractivity contribution is 7.91. The fourth-order valence-electron chi connectivity index (χ4n) is 3.62. The number of para-hydroxylation sites is 3. The van der Waals surface area contributed by atoms with E-state index in [9.17, 15) is 13.2 Å². The Morgan fingerprint density at radius 1 is 1.11 bits per heavy atom. The number of carbonyl (C=O) groups excluding carboxylic acids is 1. The van der Waals surface area contributed by atoms with Crippen LogP contribution in [0, 0.1) is 0 Å². The molecule has 0 spiro atoms. The number of aromatic nitrogens is 2. The Bertz CT molecular complexity index is 1120. The van der Waals surface area contributed by atoms with Crippen molar-refractivity contribution in [3.8, 4) is 0 Å². The molecule has 1 aliphatic heterocycles. The summed E-state index contributed by atoms with van der Waals surface area (Å²) in [6.45, 7) is 2.38. The van der Waals surface area contributed by atoms with Crippen LogP contribution in [0.3, 0.4) is 0 Å². The lowest BCUT2D eigenvalue weighted by atomic mass is 10.2. The van der Waals surface area contributed by atoms with E-state index < -0.39 is 9.84 Å². The average molecular weight is 383 g/mol. The Labute approximate surface area is 158 Å². The molecule has 6 nitrogen and oxygen atoms in total. The summed E-state index contributed by atoms with van der Waals surface area (Å²) in [5.41, 5.74) is 3.29. The number of imidazole rings is 1. The third-order valence-corrected chi connectivity index (χ3v) is 6.67. The molecule has 27 heavy (non-hydrogen) atoms. The highest BCUT2D eigenvalue weighted by Crippen LogP contribution is 2.28. The minimum absolute atomic E-state index is 0.0110. The molecular formula is C20H21N3O3S. The van der Waals surface area contributed by atoms with Crippen molar-refractivity contribution in [1.82, 2.24) is 9.55 Å². The van der Waals surface area contributed by atoms with Crippen LogP contribution < -0.4 is 4.90 Å². The molecule has 0 aliphatic carbocycles. The van der Waals surface area contributed by atoms with Gasteiger partial charge in [0.1, 0.15) is 6.54 Å². The first kappa shape index (κ1) is 17.7. The SMILES string of the molecule is CCCS(=O)(=O)c1nc2ccccc2n1CC(=O)N1CCc2ccccc21. The fourth-order valence-corrected chi connectivity index (χ4v) is 5.08. The lowest BCUT2D eigenvalue weighted by Gasteiger charge is -2.18. The zero-order chi connectivity index (χ0) is 19.0. The van der Waals surface area contributed by atoms with Crippen molar-refractivity contribution >= 4 is 32.5 Å². The summed E-state index contributed by atoms with van der Waals surface area (Å²) >= 11 is 0. The van der Waals surface area contributed by atoms with Crippen LogP contribution in [0.1, 0.15) is 18.9 Å². The molecule has 0 unspecified atom stereocenters. The van der Waals surface area contributed by atoms with Crippen molar-refractivity contribution in [3.63, 3.8) is 0 Å². The number of nitrogens with zero attached hydrogens (tertiary/aromatic N) is 3. The molecule has 4 rings (SSSR count). The summed E-state index contributed by atoms with van der Waals surface area (Å²) in [6, 6.07) is 15.0. The zero-order valence-electron chi connectivity index (χ0n) is 15.1. The van der Waals surface area contributed by atoms with Gasteiger partial charge in [0.25, 0.3) is 0 Å². The largest absolute Gasteiger partial charge is 0.310 e. The van der Waals surface area contributed by atoms with Gasteiger partial charge in [-0.15, -0.1) is 0 Å². The smallest absolute Gasteiger partial charge is 0.247 e. The molecule has 0 saturated heterocycles. The first-order valence-electron chi connectivity index (χ1n) is 9.07. The topological polar surface area (TPSA) is 72.3 Å². The number of carbonyl (C=O) groups is 1. The molecule has 1 amide bonds. The standard InChI is InChI=1S/C20H21N3O3S/c1-2-13-27(25,26)20-21-16-8-4-6-10-18(16)23(20)14-19(24)22-12-11-15-7-3-5-9-17(15)22/h3-10H,2,11-14H2,1H3. The first-order valence-corrected chi connectivity index (χ1v) is 10.7. The Morgan fingerprint density at radius 2 is 1.85 bits per heavy atom. The van der Waals surface area contributed by atoms with Crippen molar-refractivity contribution < 1.29 is 13.2 Å². The van der Waals surface area contributed by atoms with Crippen LogP contribution in [0.4, 0.5) is 5.69 Å². The van der Waals surface area contributed by atoms with Gasteiger partial charge in [0, 0.05) is 12.2 Å². The van der Waals surface area contributed by atoms with E-state index in [1.807, 2.05) is 43.3 Å². The predicted molar refractivity (Wildman–Crippen MR) is 105 cm³/mol. The number of amides is 1. The van der Waals surface area contributed by atoms with E-state index in [4.69, 9.17) is 0 Å². The summed E-state index contributed by atoms with van der Waals surface area (Å²) in [6.07, 6.45) is 1.31. The maximum atomic E-state index is 13.0. The third-order valence-electron chi connectivity index (χ3n) is 4.85. The lowest BCUT2D eigenvalue weighted by Crippen LogP contribution is -2.33. The highest BCUT2D eigenvalue weighted by Gasteiger charge is 2.28.